The van der Waals surface area contributed by atoms with Crippen LogP contribution in [0.4, 0.5) is 0 Å². The van der Waals surface area contributed by atoms with E-state index in [1.165, 1.54) is 20.4 Å². The molecule has 1 aromatic rings. The van der Waals surface area contributed by atoms with Crippen LogP contribution in [-0.2, 0) is 21.3 Å². The lowest BCUT2D eigenvalue weighted by atomic mass is 10.3. The molecule has 0 saturated heterocycles. The van der Waals surface area contributed by atoms with Crippen LogP contribution in [-0.4, -0.2) is 40.8 Å². The van der Waals surface area contributed by atoms with Gasteiger partial charge in [0, 0.05) is 6.54 Å². The number of sulfonamides is 1. The van der Waals surface area contributed by atoms with Crippen molar-refractivity contribution >= 4 is 16.0 Å². The molecule has 0 fully saturated rings. The molecule has 1 aromatic heterocycles. The molecule has 1 rings (SSSR count). The van der Waals surface area contributed by atoms with E-state index in [2.05, 4.69) is 14.8 Å². The fraction of sp³-hybridized carbons (Fsp3) is 0.500. The summed E-state index contributed by atoms with van der Waals surface area (Å²) in [6.07, 6.45) is 1.30. The molecule has 102 valence electrons. The van der Waals surface area contributed by atoms with E-state index in [-0.39, 0.29) is 12.3 Å². The Hall–Kier alpha value is -1.38. The minimum absolute atomic E-state index is 0.0198. The van der Waals surface area contributed by atoms with Crippen LogP contribution < -0.4 is 10.0 Å². The topological polar surface area (TPSA) is 97.6 Å². The van der Waals surface area contributed by atoms with Crippen LogP contribution in [0.1, 0.15) is 16.1 Å². The van der Waals surface area contributed by atoms with Gasteiger partial charge in [-0.2, -0.15) is 0 Å². The molecule has 0 aliphatic carbocycles. The predicted octanol–water partition coefficient (Wildman–Crippen LogP) is -0.295. The van der Waals surface area contributed by atoms with Gasteiger partial charge in [-0.25, -0.2) is 17.9 Å². The van der Waals surface area contributed by atoms with E-state index in [0.29, 0.717) is 17.9 Å². The van der Waals surface area contributed by atoms with Crippen molar-refractivity contribution in [2.75, 3.05) is 26.5 Å². The molecule has 7 nitrogen and oxygen atoms in total. The van der Waals surface area contributed by atoms with Gasteiger partial charge in [-0.3, -0.25) is 0 Å². The van der Waals surface area contributed by atoms with Gasteiger partial charge in [0.2, 0.25) is 10.0 Å². The quantitative estimate of drug-likeness (QED) is 0.524. The zero-order valence-corrected chi connectivity index (χ0v) is 11.0. The lowest BCUT2D eigenvalue weighted by Crippen LogP contribution is -2.29. The normalized spacial score (nSPS) is 11.4. The maximum absolute atomic E-state index is 11.1. The first-order chi connectivity index (χ1) is 8.48. The molecular weight excluding hydrogens is 260 g/mol. The highest BCUT2D eigenvalue weighted by atomic mass is 32.2. The molecular formula is C10H16N2O5S. The molecule has 1 heterocycles. The van der Waals surface area contributed by atoms with Crippen molar-refractivity contribution in [2.24, 2.45) is 0 Å². The summed E-state index contributed by atoms with van der Waals surface area (Å²) >= 11 is 0. The van der Waals surface area contributed by atoms with Gasteiger partial charge in [0.05, 0.1) is 25.0 Å². The smallest absolute Gasteiger partial charge is 0.341 e. The minimum atomic E-state index is -3.20. The summed E-state index contributed by atoms with van der Waals surface area (Å²) in [5.41, 5.74) is 0.331. The molecule has 0 radical (unpaired) electrons. The first kappa shape index (κ1) is 14.7. The number of furan rings is 1. The van der Waals surface area contributed by atoms with Gasteiger partial charge < -0.3 is 14.5 Å². The van der Waals surface area contributed by atoms with E-state index in [9.17, 15) is 13.2 Å². The van der Waals surface area contributed by atoms with Crippen LogP contribution in [0.15, 0.2) is 16.7 Å². The van der Waals surface area contributed by atoms with Crippen molar-refractivity contribution in [3.05, 3.63) is 23.7 Å². The van der Waals surface area contributed by atoms with Crippen LogP contribution >= 0.6 is 0 Å². The van der Waals surface area contributed by atoms with Crippen molar-refractivity contribution in [1.82, 2.24) is 10.0 Å². The molecule has 0 aromatic carbocycles. The Labute approximate surface area is 106 Å². The maximum atomic E-state index is 11.1. The summed E-state index contributed by atoms with van der Waals surface area (Å²) in [4.78, 5) is 11.1. The fourth-order valence-electron chi connectivity index (χ4n) is 1.22. The number of ether oxygens (including phenoxy) is 1. The fourth-order valence-corrected chi connectivity index (χ4v) is 1.84. The van der Waals surface area contributed by atoms with E-state index >= 15 is 0 Å². The van der Waals surface area contributed by atoms with Crippen molar-refractivity contribution in [3.8, 4) is 0 Å². The zero-order chi connectivity index (χ0) is 13.6. The lowest BCUT2D eigenvalue weighted by molar-refractivity contribution is 0.0600. The molecule has 8 heteroatoms. The minimum Gasteiger partial charge on any atom is -0.467 e. The van der Waals surface area contributed by atoms with Crippen molar-refractivity contribution in [2.45, 2.75) is 6.54 Å². The largest absolute Gasteiger partial charge is 0.467 e. The Morgan fingerprint density at radius 1 is 1.50 bits per heavy atom. The first-order valence-electron chi connectivity index (χ1n) is 5.26. The van der Waals surface area contributed by atoms with E-state index in [0.717, 1.165) is 0 Å². The molecule has 18 heavy (non-hydrogen) atoms. The number of hydrogen-bond acceptors (Lipinski definition) is 6. The summed E-state index contributed by atoms with van der Waals surface area (Å²) in [5.74, 6) is 0.0497. The van der Waals surface area contributed by atoms with Gasteiger partial charge in [-0.1, -0.05) is 0 Å². The molecule has 0 aliphatic rings. The highest BCUT2D eigenvalue weighted by molar-refractivity contribution is 7.89. The Bertz CT molecular complexity index is 494. The summed E-state index contributed by atoms with van der Waals surface area (Å²) in [6, 6.07) is 1.55. The van der Waals surface area contributed by atoms with Gasteiger partial charge in [0.15, 0.2) is 0 Å². The van der Waals surface area contributed by atoms with Crippen molar-refractivity contribution < 1.29 is 22.4 Å². The van der Waals surface area contributed by atoms with E-state index < -0.39 is 16.0 Å². The lowest BCUT2D eigenvalue weighted by Gasteiger charge is -2.03. The number of rotatable bonds is 7. The van der Waals surface area contributed by atoms with Gasteiger partial charge in [-0.15, -0.1) is 0 Å². The van der Waals surface area contributed by atoms with Crippen LogP contribution in [0.25, 0.3) is 0 Å². The highest BCUT2D eigenvalue weighted by Gasteiger charge is 2.10. The zero-order valence-electron chi connectivity index (χ0n) is 10.2. The second-order valence-corrected chi connectivity index (χ2v) is 5.54. The standard InChI is InChI=1S/C10H16N2O5S/c1-11-18(14,15)4-3-12-6-9-5-8(7-17-9)10(13)16-2/h5,7,11-12H,3-4,6H2,1-2H3. The van der Waals surface area contributed by atoms with Crippen LogP contribution in [0.3, 0.4) is 0 Å². The molecule has 0 atom stereocenters. The predicted molar refractivity (Wildman–Crippen MR) is 64.6 cm³/mol. The van der Waals surface area contributed by atoms with Gasteiger partial charge >= 0.3 is 5.97 Å². The molecule has 0 unspecified atom stereocenters. The Kier molecular flexibility index (Phi) is 5.32. The van der Waals surface area contributed by atoms with Gasteiger partial charge in [-0.05, 0) is 13.1 Å². The number of methoxy groups -OCH3 is 1. The van der Waals surface area contributed by atoms with Crippen LogP contribution in [0, 0.1) is 0 Å². The second kappa shape index (κ2) is 6.53. The highest BCUT2D eigenvalue weighted by Crippen LogP contribution is 2.08. The van der Waals surface area contributed by atoms with E-state index in [4.69, 9.17) is 4.42 Å². The van der Waals surface area contributed by atoms with Crippen LogP contribution in [0.5, 0.6) is 0 Å². The number of carbonyl (C=O) groups excluding carboxylic acids is 1. The molecule has 0 bridgehead atoms. The summed E-state index contributed by atoms with van der Waals surface area (Å²) in [7, 11) is -0.550. The third-order valence-corrected chi connectivity index (χ3v) is 3.60. The molecule has 0 spiro atoms. The maximum Gasteiger partial charge on any atom is 0.341 e. The molecule has 0 saturated carbocycles. The van der Waals surface area contributed by atoms with Crippen molar-refractivity contribution in [1.29, 1.82) is 0 Å². The third-order valence-electron chi connectivity index (χ3n) is 2.23. The summed E-state index contributed by atoms with van der Waals surface area (Å²) in [5, 5.41) is 2.90. The summed E-state index contributed by atoms with van der Waals surface area (Å²) < 4.78 is 34.1. The Morgan fingerprint density at radius 3 is 2.83 bits per heavy atom. The van der Waals surface area contributed by atoms with Gasteiger partial charge in [0.25, 0.3) is 0 Å². The van der Waals surface area contributed by atoms with Gasteiger partial charge in [0.1, 0.15) is 12.0 Å². The van der Waals surface area contributed by atoms with Crippen molar-refractivity contribution in [3.63, 3.8) is 0 Å². The number of esters is 1. The average Bonchev–Trinajstić information content (AvgIpc) is 2.82. The van der Waals surface area contributed by atoms with E-state index in [1.807, 2.05) is 0 Å². The molecule has 2 N–H and O–H groups in total. The third kappa shape index (κ3) is 4.47. The van der Waals surface area contributed by atoms with E-state index in [1.54, 1.807) is 6.07 Å². The first-order valence-corrected chi connectivity index (χ1v) is 6.91. The number of nitrogens with one attached hydrogen (secondary N) is 2. The number of carbonyl (C=O) groups is 1. The Balaban J connectivity index is 2.36. The van der Waals surface area contributed by atoms with Crippen LogP contribution in [0.2, 0.25) is 0 Å². The number of hydrogen-bond donors (Lipinski definition) is 2. The molecule has 0 aliphatic heterocycles. The SMILES string of the molecule is CNS(=O)(=O)CCNCc1cc(C(=O)OC)co1. The molecule has 0 amide bonds. The average molecular weight is 276 g/mol. The second-order valence-electron chi connectivity index (χ2n) is 3.49. The Morgan fingerprint density at radius 2 is 2.22 bits per heavy atom. The monoisotopic (exact) mass is 276 g/mol. The summed E-state index contributed by atoms with van der Waals surface area (Å²) in [6.45, 7) is 0.633.